The van der Waals surface area contributed by atoms with Gasteiger partial charge in [-0.2, -0.15) is 0 Å². The Morgan fingerprint density at radius 3 is 2.51 bits per heavy atom. The topological polar surface area (TPSA) is 32.8 Å². The number of hydrogen-bond donors (Lipinski definition) is 0. The third-order valence-electron chi connectivity index (χ3n) is 6.52. The number of rotatable bonds is 10. The largest absolute Gasteiger partial charge is 0.491 e. The summed E-state index contributed by atoms with van der Waals surface area (Å²) in [4.78, 5) is 18.0. The Bertz CT molecular complexity index is 1180. The first-order chi connectivity index (χ1) is 17.0. The molecule has 0 N–H and O–H groups in total. The van der Waals surface area contributed by atoms with Gasteiger partial charge in [0.1, 0.15) is 12.4 Å². The molecular weight excluding hydrogens is 432 g/mol. The Balaban J connectivity index is 1.60. The number of carbonyl (C=O) groups is 1. The molecule has 4 nitrogen and oxygen atoms in total. The molecule has 1 saturated heterocycles. The monoisotopic (exact) mass is 468 g/mol. The molecule has 3 aromatic carbocycles. The Labute approximate surface area is 209 Å². The van der Waals surface area contributed by atoms with E-state index in [1.165, 1.54) is 24.0 Å². The fraction of sp³-hybridized carbons (Fsp3) is 0.323. The molecule has 1 aliphatic rings. The maximum absolute atomic E-state index is 13.5. The van der Waals surface area contributed by atoms with Gasteiger partial charge in [-0.25, -0.2) is 0 Å². The van der Waals surface area contributed by atoms with E-state index in [0.29, 0.717) is 17.9 Å². The summed E-state index contributed by atoms with van der Waals surface area (Å²) < 4.78 is 6.17. The average Bonchev–Trinajstić information content (AvgIpc) is 3.37. The maximum atomic E-state index is 13.5. The third-order valence-corrected chi connectivity index (χ3v) is 6.52. The van der Waals surface area contributed by atoms with E-state index in [4.69, 9.17) is 4.74 Å². The highest BCUT2D eigenvalue weighted by Crippen LogP contribution is 2.30. The van der Waals surface area contributed by atoms with Gasteiger partial charge in [0, 0.05) is 13.1 Å². The van der Waals surface area contributed by atoms with Crippen LogP contribution in [0.4, 0.5) is 0 Å². The Hall–Kier alpha value is -3.21. The number of ketones is 1. The maximum Gasteiger partial charge on any atom is 0.189 e. The van der Waals surface area contributed by atoms with Gasteiger partial charge in [0.2, 0.25) is 0 Å². The van der Waals surface area contributed by atoms with Gasteiger partial charge in [-0.3, -0.25) is 9.69 Å². The zero-order chi connectivity index (χ0) is 24.6. The molecular formula is C31H36N2O2. The quantitative estimate of drug-likeness (QED) is 0.266. The van der Waals surface area contributed by atoms with Crippen molar-refractivity contribution in [3.63, 3.8) is 0 Å². The molecule has 35 heavy (non-hydrogen) atoms. The summed E-state index contributed by atoms with van der Waals surface area (Å²) in [5.41, 5.74) is 6.19. The highest BCUT2D eigenvalue weighted by Gasteiger charge is 2.15. The second-order valence-corrected chi connectivity index (χ2v) is 9.56. The van der Waals surface area contributed by atoms with Crippen molar-refractivity contribution in [1.82, 2.24) is 9.80 Å². The molecule has 4 rings (SSSR count). The van der Waals surface area contributed by atoms with Crippen molar-refractivity contribution in [2.75, 3.05) is 40.3 Å². The molecule has 0 spiro atoms. The molecule has 0 unspecified atom stereocenters. The van der Waals surface area contributed by atoms with Crippen molar-refractivity contribution in [1.29, 1.82) is 0 Å². The molecule has 0 atom stereocenters. The predicted octanol–water partition coefficient (Wildman–Crippen LogP) is 6.09. The van der Waals surface area contributed by atoms with Gasteiger partial charge in [0.25, 0.3) is 0 Å². The van der Waals surface area contributed by atoms with E-state index in [9.17, 15) is 4.79 Å². The third kappa shape index (κ3) is 6.68. The van der Waals surface area contributed by atoms with Crippen LogP contribution in [-0.4, -0.2) is 55.9 Å². The number of likely N-dealkylation sites (tertiary alicyclic amines) is 1. The average molecular weight is 469 g/mol. The second kappa shape index (κ2) is 12.0. The molecule has 1 aliphatic heterocycles. The smallest absolute Gasteiger partial charge is 0.189 e. The van der Waals surface area contributed by atoms with E-state index >= 15 is 0 Å². The van der Waals surface area contributed by atoms with Gasteiger partial charge in [0.15, 0.2) is 5.78 Å². The number of nitrogens with zero attached hydrogens (tertiary/aromatic N) is 2. The molecule has 0 aliphatic carbocycles. The summed E-state index contributed by atoms with van der Waals surface area (Å²) in [6.07, 6.45) is 6.12. The van der Waals surface area contributed by atoms with E-state index in [1.807, 2.05) is 42.5 Å². The van der Waals surface area contributed by atoms with E-state index < -0.39 is 0 Å². The van der Waals surface area contributed by atoms with Crippen LogP contribution in [0.15, 0.2) is 72.8 Å². The van der Waals surface area contributed by atoms with E-state index in [1.54, 1.807) is 6.08 Å². The molecule has 182 valence electrons. The van der Waals surface area contributed by atoms with Crippen molar-refractivity contribution in [3.05, 3.63) is 95.1 Å². The summed E-state index contributed by atoms with van der Waals surface area (Å²) in [6.45, 7) is 6.66. The summed E-state index contributed by atoms with van der Waals surface area (Å²) in [7, 11) is 4.10. The normalized spacial score (nSPS) is 14.2. The van der Waals surface area contributed by atoms with E-state index in [-0.39, 0.29) is 5.78 Å². The Morgan fingerprint density at radius 1 is 1.00 bits per heavy atom. The predicted molar refractivity (Wildman–Crippen MR) is 145 cm³/mol. The van der Waals surface area contributed by atoms with Gasteiger partial charge < -0.3 is 9.64 Å². The van der Waals surface area contributed by atoms with Crippen LogP contribution in [-0.2, 0) is 6.54 Å². The van der Waals surface area contributed by atoms with Crippen LogP contribution in [0.25, 0.3) is 17.2 Å². The van der Waals surface area contributed by atoms with E-state index in [0.717, 1.165) is 42.9 Å². The minimum Gasteiger partial charge on any atom is -0.491 e. The highest BCUT2D eigenvalue weighted by atomic mass is 16.5. The van der Waals surface area contributed by atoms with Crippen LogP contribution in [0, 0.1) is 6.92 Å². The first kappa shape index (κ1) is 24.9. The van der Waals surface area contributed by atoms with Gasteiger partial charge in [-0.1, -0.05) is 60.7 Å². The Kier molecular flexibility index (Phi) is 8.51. The molecule has 0 saturated carbocycles. The van der Waals surface area contributed by atoms with Crippen molar-refractivity contribution in [3.8, 4) is 16.9 Å². The summed E-state index contributed by atoms with van der Waals surface area (Å²) in [5.74, 6) is 0.606. The van der Waals surface area contributed by atoms with E-state index in [2.05, 4.69) is 61.2 Å². The lowest BCUT2D eigenvalue weighted by Crippen LogP contribution is -2.25. The highest BCUT2D eigenvalue weighted by molar-refractivity contribution is 6.09. The minimum absolute atomic E-state index is 0.0451. The molecule has 0 amide bonds. The van der Waals surface area contributed by atoms with Gasteiger partial charge in [-0.05, 0) is 93.0 Å². The molecule has 1 fully saturated rings. The molecule has 0 aromatic heterocycles. The lowest BCUT2D eigenvalue weighted by atomic mass is 9.96. The van der Waals surface area contributed by atoms with Crippen molar-refractivity contribution < 1.29 is 9.53 Å². The lowest BCUT2D eigenvalue weighted by molar-refractivity contribution is 0.104. The molecule has 4 heteroatoms. The number of ether oxygens (including phenoxy) is 1. The minimum atomic E-state index is -0.0451. The van der Waals surface area contributed by atoms with Crippen LogP contribution in [0.1, 0.15) is 39.9 Å². The van der Waals surface area contributed by atoms with Gasteiger partial charge >= 0.3 is 0 Å². The fourth-order valence-electron chi connectivity index (χ4n) is 4.64. The molecule has 0 bridgehead atoms. The van der Waals surface area contributed by atoms with Crippen molar-refractivity contribution >= 4 is 11.9 Å². The van der Waals surface area contributed by atoms with Crippen molar-refractivity contribution in [2.45, 2.75) is 26.3 Å². The number of allylic oxidation sites excluding steroid dienone is 1. The number of hydrogen-bond acceptors (Lipinski definition) is 4. The molecule has 3 aromatic rings. The Morgan fingerprint density at radius 2 is 1.74 bits per heavy atom. The zero-order valence-corrected chi connectivity index (χ0v) is 21.2. The standard InChI is InChI=1S/C31H36N2O2/c1-24-10-4-7-13-28(24)26-15-17-31(35-21-20-33-18-8-9-19-33)29(22-26)30(34)16-14-25-11-5-6-12-27(25)23-32(2)3/h4-7,10-17,22H,8-9,18-21,23H2,1-3H3. The summed E-state index contributed by atoms with van der Waals surface area (Å²) >= 11 is 0. The fourth-order valence-corrected chi connectivity index (χ4v) is 4.64. The molecule has 1 heterocycles. The summed E-state index contributed by atoms with van der Waals surface area (Å²) in [6, 6.07) is 22.5. The van der Waals surface area contributed by atoms with Crippen LogP contribution >= 0.6 is 0 Å². The first-order valence-electron chi connectivity index (χ1n) is 12.5. The second-order valence-electron chi connectivity index (χ2n) is 9.56. The zero-order valence-electron chi connectivity index (χ0n) is 21.2. The number of aryl methyl sites for hydroxylation is 1. The van der Waals surface area contributed by atoms with Gasteiger partial charge in [-0.15, -0.1) is 0 Å². The van der Waals surface area contributed by atoms with Crippen LogP contribution in [0.2, 0.25) is 0 Å². The molecule has 0 radical (unpaired) electrons. The van der Waals surface area contributed by atoms with Crippen LogP contribution in [0.3, 0.4) is 0 Å². The van der Waals surface area contributed by atoms with Crippen LogP contribution in [0.5, 0.6) is 5.75 Å². The SMILES string of the molecule is Cc1ccccc1-c1ccc(OCCN2CCCC2)c(C(=O)C=Cc2ccccc2CN(C)C)c1. The number of benzene rings is 3. The van der Waals surface area contributed by atoms with Crippen molar-refractivity contribution in [2.24, 2.45) is 0 Å². The van der Waals surface area contributed by atoms with Crippen LogP contribution < -0.4 is 4.74 Å². The summed E-state index contributed by atoms with van der Waals surface area (Å²) in [5, 5.41) is 0. The number of carbonyl (C=O) groups excluding carboxylic acids is 1. The van der Waals surface area contributed by atoms with Gasteiger partial charge in [0.05, 0.1) is 5.56 Å². The first-order valence-corrected chi connectivity index (χ1v) is 12.5. The lowest BCUT2D eigenvalue weighted by Gasteiger charge is -2.17.